The Morgan fingerprint density at radius 1 is 1.05 bits per heavy atom. The number of hydrogen-bond donors (Lipinski definition) is 1. The van der Waals surface area contributed by atoms with Gasteiger partial charge in [0.25, 0.3) is 0 Å². The maximum atomic E-state index is 5.94. The zero-order valence-corrected chi connectivity index (χ0v) is 12.3. The van der Waals surface area contributed by atoms with E-state index < -0.39 is 0 Å². The Balaban J connectivity index is 2.32. The molecule has 0 atom stereocenters. The summed E-state index contributed by atoms with van der Waals surface area (Å²) in [6, 6.07) is 13.5. The van der Waals surface area contributed by atoms with Crippen molar-refractivity contribution in [1.82, 2.24) is 0 Å². The van der Waals surface area contributed by atoms with Crippen LogP contribution >= 0.6 is 15.9 Å². The lowest BCUT2D eigenvalue weighted by molar-refractivity contribution is 0.377. The molecule has 0 fully saturated rings. The first-order valence-corrected chi connectivity index (χ1v) is 6.83. The number of nitrogens with two attached hydrogens (primary N) is 1. The summed E-state index contributed by atoms with van der Waals surface area (Å²) < 4.78 is 12.2. The van der Waals surface area contributed by atoms with Crippen molar-refractivity contribution in [3.8, 4) is 17.2 Å². The summed E-state index contributed by atoms with van der Waals surface area (Å²) in [7, 11) is 1.63. The van der Waals surface area contributed by atoms with E-state index in [-0.39, 0.29) is 0 Å². The number of para-hydroxylation sites is 2. The zero-order valence-electron chi connectivity index (χ0n) is 10.7. The van der Waals surface area contributed by atoms with Crippen LogP contribution in [0.25, 0.3) is 0 Å². The van der Waals surface area contributed by atoms with E-state index in [1.165, 1.54) is 0 Å². The molecule has 100 valence electrons. The molecule has 0 aliphatic rings. The predicted octanol–water partition coefficient (Wildman–Crippen LogP) is 3.75. The van der Waals surface area contributed by atoms with Crippen molar-refractivity contribution in [1.29, 1.82) is 0 Å². The van der Waals surface area contributed by atoms with E-state index in [0.717, 1.165) is 22.2 Å². The summed E-state index contributed by atoms with van der Waals surface area (Å²) in [4.78, 5) is 0. The maximum absolute atomic E-state index is 5.94. The molecular formula is C15H16BrNO2. The first-order valence-electron chi connectivity index (χ1n) is 6.04. The van der Waals surface area contributed by atoms with Crippen LogP contribution in [0.1, 0.15) is 5.56 Å². The molecule has 0 aliphatic heterocycles. The lowest BCUT2D eigenvalue weighted by atomic mass is 10.1. The quantitative estimate of drug-likeness (QED) is 0.912. The van der Waals surface area contributed by atoms with Gasteiger partial charge in [-0.15, -0.1) is 0 Å². The molecule has 0 unspecified atom stereocenters. The van der Waals surface area contributed by atoms with Crippen molar-refractivity contribution in [3.63, 3.8) is 0 Å². The van der Waals surface area contributed by atoms with Gasteiger partial charge >= 0.3 is 0 Å². The molecule has 0 amide bonds. The third-order valence-electron chi connectivity index (χ3n) is 2.73. The molecular weight excluding hydrogens is 306 g/mol. The van der Waals surface area contributed by atoms with E-state index in [4.69, 9.17) is 15.2 Å². The fraction of sp³-hybridized carbons (Fsp3) is 0.200. The van der Waals surface area contributed by atoms with E-state index >= 15 is 0 Å². The largest absolute Gasteiger partial charge is 0.493 e. The Bertz CT molecular complexity index is 558. The molecule has 0 aliphatic carbocycles. The first kappa shape index (κ1) is 13.9. The van der Waals surface area contributed by atoms with Crippen LogP contribution in [0.15, 0.2) is 46.9 Å². The van der Waals surface area contributed by atoms with Crippen molar-refractivity contribution in [2.24, 2.45) is 5.73 Å². The van der Waals surface area contributed by atoms with Crippen molar-refractivity contribution in [2.45, 2.75) is 6.42 Å². The predicted molar refractivity (Wildman–Crippen MR) is 80.0 cm³/mol. The van der Waals surface area contributed by atoms with Crippen LogP contribution in [0.3, 0.4) is 0 Å². The Hall–Kier alpha value is -1.52. The number of hydrogen-bond acceptors (Lipinski definition) is 3. The van der Waals surface area contributed by atoms with Gasteiger partial charge in [0, 0.05) is 4.47 Å². The average molecular weight is 322 g/mol. The molecule has 0 bridgehead atoms. The highest BCUT2D eigenvalue weighted by atomic mass is 79.9. The summed E-state index contributed by atoms with van der Waals surface area (Å²) in [5.41, 5.74) is 6.71. The highest BCUT2D eigenvalue weighted by Gasteiger charge is 2.08. The van der Waals surface area contributed by atoms with Gasteiger partial charge in [-0.2, -0.15) is 0 Å². The second-order valence-electron chi connectivity index (χ2n) is 4.04. The zero-order chi connectivity index (χ0) is 13.7. The summed E-state index contributed by atoms with van der Waals surface area (Å²) >= 11 is 3.46. The smallest absolute Gasteiger partial charge is 0.169 e. The van der Waals surface area contributed by atoms with Gasteiger partial charge in [-0.1, -0.05) is 28.1 Å². The van der Waals surface area contributed by atoms with Gasteiger partial charge in [0.1, 0.15) is 5.75 Å². The number of benzene rings is 2. The van der Waals surface area contributed by atoms with Crippen LogP contribution in [0.4, 0.5) is 0 Å². The molecule has 4 heteroatoms. The Kier molecular flexibility index (Phi) is 4.82. The normalized spacial score (nSPS) is 10.3. The van der Waals surface area contributed by atoms with Crippen LogP contribution in [-0.2, 0) is 6.42 Å². The van der Waals surface area contributed by atoms with Crippen molar-refractivity contribution < 1.29 is 9.47 Å². The Labute approximate surface area is 121 Å². The van der Waals surface area contributed by atoms with E-state index in [0.29, 0.717) is 18.0 Å². The minimum absolute atomic E-state index is 0.582. The van der Waals surface area contributed by atoms with Gasteiger partial charge < -0.3 is 15.2 Å². The summed E-state index contributed by atoms with van der Waals surface area (Å²) in [5.74, 6) is 2.22. The van der Waals surface area contributed by atoms with Crippen LogP contribution in [-0.4, -0.2) is 13.7 Å². The average Bonchev–Trinajstić information content (AvgIpc) is 2.43. The van der Waals surface area contributed by atoms with E-state index in [2.05, 4.69) is 15.9 Å². The van der Waals surface area contributed by atoms with Gasteiger partial charge in [0.15, 0.2) is 11.5 Å². The number of methoxy groups -OCH3 is 1. The molecule has 0 aromatic heterocycles. The fourth-order valence-corrected chi connectivity index (χ4v) is 2.23. The summed E-state index contributed by atoms with van der Waals surface area (Å²) in [6.07, 6.45) is 0.768. The van der Waals surface area contributed by atoms with Crippen molar-refractivity contribution in [2.75, 3.05) is 13.7 Å². The van der Waals surface area contributed by atoms with Gasteiger partial charge in [-0.3, -0.25) is 0 Å². The minimum atomic E-state index is 0.582. The number of rotatable bonds is 5. The highest BCUT2D eigenvalue weighted by molar-refractivity contribution is 9.10. The van der Waals surface area contributed by atoms with Crippen LogP contribution in [0.2, 0.25) is 0 Å². The molecule has 2 aromatic rings. The molecule has 0 heterocycles. The van der Waals surface area contributed by atoms with Crippen molar-refractivity contribution >= 4 is 15.9 Å². The highest BCUT2D eigenvalue weighted by Crippen LogP contribution is 2.33. The molecule has 0 saturated carbocycles. The SMILES string of the molecule is COc1ccccc1Oc1ccc(Br)cc1CCN. The topological polar surface area (TPSA) is 44.5 Å². The molecule has 2 N–H and O–H groups in total. The molecule has 2 aromatic carbocycles. The third kappa shape index (κ3) is 3.49. The molecule has 3 nitrogen and oxygen atoms in total. The van der Waals surface area contributed by atoms with Crippen molar-refractivity contribution in [3.05, 3.63) is 52.5 Å². The van der Waals surface area contributed by atoms with Gasteiger partial charge in [0.2, 0.25) is 0 Å². The third-order valence-corrected chi connectivity index (χ3v) is 3.22. The van der Waals surface area contributed by atoms with Crippen LogP contribution < -0.4 is 15.2 Å². The monoisotopic (exact) mass is 321 g/mol. The minimum Gasteiger partial charge on any atom is -0.493 e. The van der Waals surface area contributed by atoms with Gasteiger partial charge in [-0.05, 0) is 48.9 Å². The van der Waals surface area contributed by atoms with Gasteiger partial charge in [0.05, 0.1) is 7.11 Å². The molecule has 0 spiro atoms. The number of halogens is 1. The first-order chi connectivity index (χ1) is 9.24. The second-order valence-corrected chi connectivity index (χ2v) is 4.96. The molecule has 2 rings (SSSR count). The number of ether oxygens (including phenoxy) is 2. The molecule has 19 heavy (non-hydrogen) atoms. The molecule has 0 radical (unpaired) electrons. The van der Waals surface area contributed by atoms with E-state index in [1.54, 1.807) is 7.11 Å². The maximum Gasteiger partial charge on any atom is 0.169 e. The van der Waals surface area contributed by atoms with E-state index in [9.17, 15) is 0 Å². The fourth-order valence-electron chi connectivity index (χ4n) is 1.82. The lowest BCUT2D eigenvalue weighted by Crippen LogP contribution is -2.04. The standard InChI is InChI=1S/C15H16BrNO2/c1-18-14-4-2-3-5-15(14)19-13-7-6-12(16)10-11(13)8-9-17/h2-7,10H,8-9,17H2,1H3. The van der Waals surface area contributed by atoms with E-state index in [1.807, 2.05) is 42.5 Å². The molecule has 0 saturated heterocycles. The summed E-state index contributed by atoms with van der Waals surface area (Å²) in [6.45, 7) is 0.582. The lowest BCUT2D eigenvalue weighted by Gasteiger charge is -2.13. The van der Waals surface area contributed by atoms with Crippen LogP contribution in [0.5, 0.6) is 17.2 Å². The Morgan fingerprint density at radius 3 is 2.47 bits per heavy atom. The van der Waals surface area contributed by atoms with Gasteiger partial charge in [-0.25, -0.2) is 0 Å². The summed E-state index contributed by atoms with van der Waals surface area (Å²) in [5, 5.41) is 0. The van der Waals surface area contributed by atoms with Crippen LogP contribution in [0, 0.1) is 0 Å². The second kappa shape index (κ2) is 6.59. The Morgan fingerprint density at radius 2 is 1.79 bits per heavy atom.